The molecule has 38 heavy (non-hydrogen) atoms. The van der Waals surface area contributed by atoms with Gasteiger partial charge in [-0.3, -0.25) is 0 Å². The van der Waals surface area contributed by atoms with Crippen LogP contribution in [0.2, 0.25) is 13.1 Å². The molecule has 0 radical (unpaired) electrons. The SMILES string of the molecule is CC1=C2c3sc(C)cc3C1[Si]2(C)C.CCCCCCc1ccc(-c2cccc3c2C=C(C)[CH]3[Zr+2])cc1.[Cl-].[Cl-]. The second-order valence-corrected chi connectivity index (χ2v) is 18.7. The maximum Gasteiger partial charge on any atom is -1.00 e. The molecule has 3 aromatic rings. The number of rotatable bonds is 6. The van der Waals surface area contributed by atoms with Crippen LogP contribution in [0.1, 0.15) is 87.6 Å². The third kappa shape index (κ3) is 5.71. The third-order valence-electron chi connectivity index (χ3n) is 8.48. The predicted octanol–water partition coefficient (Wildman–Crippen LogP) is 4.22. The van der Waals surface area contributed by atoms with Gasteiger partial charge in [0, 0.05) is 15.3 Å². The van der Waals surface area contributed by atoms with Crippen LogP contribution in [-0.2, 0) is 31.1 Å². The smallest absolute Gasteiger partial charge is 1.00 e. The van der Waals surface area contributed by atoms with E-state index in [-0.39, 0.29) is 24.8 Å². The fourth-order valence-corrected chi connectivity index (χ4v) is 13.8. The minimum absolute atomic E-state index is 0. The number of hydrogen-bond acceptors (Lipinski definition) is 1. The van der Waals surface area contributed by atoms with E-state index in [1.54, 1.807) is 45.9 Å². The minimum atomic E-state index is -0.995. The zero-order chi connectivity index (χ0) is 25.6. The molecule has 1 aromatic heterocycles. The number of aryl methyl sites for hydroxylation is 2. The summed E-state index contributed by atoms with van der Waals surface area (Å²) in [7, 11) is -0.995. The largest absolute Gasteiger partial charge is 1.00 e. The fraction of sp³-hybridized carbons (Fsp3) is 0.394. The first-order valence-corrected chi connectivity index (χ1v) is 19.0. The summed E-state index contributed by atoms with van der Waals surface area (Å²) in [4.78, 5) is 3.14. The molecule has 2 aliphatic heterocycles. The van der Waals surface area contributed by atoms with E-state index in [1.165, 1.54) is 70.4 Å². The van der Waals surface area contributed by atoms with Crippen LogP contribution in [0.25, 0.3) is 22.4 Å². The summed E-state index contributed by atoms with van der Waals surface area (Å²) >= 11 is 3.60. The van der Waals surface area contributed by atoms with Gasteiger partial charge in [-0.15, -0.1) is 11.3 Å². The zero-order valence-corrected chi connectivity index (χ0v) is 29.3. The first-order valence-electron chi connectivity index (χ1n) is 13.7. The van der Waals surface area contributed by atoms with Gasteiger partial charge in [0.25, 0.3) is 0 Å². The molecule has 0 saturated carbocycles. The zero-order valence-electron chi connectivity index (χ0n) is 23.6. The molecule has 4 aliphatic rings. The van der Waals surface area contributed by atoms with Crippen LogP contribution >= 0.6 is 11.3 Å². The summed E-state index contributed by atoms with van der Waals surface area (Å²) in [6.45, 7) is 14.1. The molecule has 199 valence electrons. The van der Waals surface area contributed by atoms with Gasteiger partial charge in [-0.2, -0.15) is 0 Å². The van der Waals surface area contributed by atoms with Crippen LogP contribution in [0, 0.1) is 6.92 Å². The average molecular weight is 658 g/mol. The number of thiophene rings is 1. The summed E-state index contributed by atoms with van der Waals surface area (Å²) < 4.78 is 0.648. The fourth-order valence-electron chi connectivity index (χ4n) is 6.71. The van der Waals surface area contributed by atoms with Crippen molar-refractivity contribution in [2.75, 3.05) is 0 Å². The van der Waals surface area contributed by atoms with Crippen LogP contribution in [-0.4, -0.2) is 8.07 Å². The Morgan fingerprint density at radius 2 is 1.61 bits per heavy atom. The quantitative estimate of drug-likeness (QED) is 0.275. The molecule has 0 saturated heterocycles. The second kappa shape index (κ2) is 12.9. The number of halogens is 2. The first kappa shape index (κ1) is 31.8. The van der Waals surface area contributed by atoms with Crippen LogP contribution in [0.3, 0.4) is 0 Å². The van der Waals surface area contributed by atoms with Gasteiger partial charge >= 0.3 is 143 Å². The van der Waals surface area contributed by atoms with Gasteiger partial charge < -0.3 is 24.8 Å². The van der Waals surface area contributed by atoms with Gasteiger partial charge in [-0.1, -0.05) is 32.0 Å². The normalized spacial score (nSPS) is 19.3. The van der Waals surface area contributed by atoms with Crippen molar-refractivity contribution in [2.45, 2.75) is 82.1 Å². The molecular formula is C33H39Cl2SSiZr. The molecule has 0 spiro atoms. The monoisotopic (exact) mass is 655 g/mol. The van der Waals surface area contributed by atoms with Crippen LogP contribution < -0.4 is 24.8 Å². The summed E-state index contributed by atoms with van der Waals surface area (Å²) in [5.74, 6) is 0. The maximum absolute atomic E-state index is 2.52. The van der Waals surface area contributed by atoms with Crippen molar-refractivity contribution in [3.05, 3.63) is 91.7 Å². The molecule has 5 heteroatoms. The second-order valence-electron chi connectivity index (χ2n) is 11.5. The molecule has 0 amide bonds. The summed E-state index contributed by atoms with van der Waals surface area (Å²) in [6.07, 6.45) is 8.95. The van der Waals surface area contributed by atoms with Crippen LogP contribution in [0.4, 0.5) is 0 Å². The van der Waals surface area contributed by atoms with Crippen molar-refractivity contribution >= 4 is 30.7 Å². The predicted molar refractivity (Wildman–Crippen MR) is 158 cm³/mol. The Kier molecular flexibility index (Phi) is 10.8. The Bertz CT molecular complexity index is 1350. The van der Waals surface area contributed by atoms with Gasteiger partial charge in [0.15, 0.2) is 0 Å². The molecule has 3 heterocycles. The molecule has 2 atom stereocenters. The number of benzene rings is 2. The van der Waals surface area contributed by atoms with Gasteiger partial charge in [0.05, 0.1) is 8.07 Å². The number of hydrogen-bond donors (Lipinski definition) is 0. The van der Waals surface area contributed by atoms with Crippen molar-refractivity contribution in [3.63, 3.8) is 0 Å². The number of fused-ring (bicyclic) bond motifs is 1. The van der Waals surface area contributed by atoms with Gasteiger partial charge in [0.1, 0.15) is 0 Å². The molecule has 2 unspecified atom stereocenters. The molecule has 2 aromatic carbocycles. The van der Waals surface area contributed by atoms with Crippen LogP contribution in [0.5, 0.6) is 0 Å². The maximum atomic E-state index is 2.52. The van der Waals surface area contributed by atoms with E-state index in [4.69, 9.17) is 0 Å². The Morgan fingerprint density at radius 1 is 0.895 bits per heavy atom. The summed E-state index contributed by atoms with van der Waals surface area (Å²) in [6, 6.07) is 18.5. The third-order valence-corrected chi connectivity index (χ3v) is 15.7. The number of allylic oxidation sites excluding steroid dienone is 2. The average Bonchev–Trinajstić information content (AvgIpc) is 3.50. The van der Waals surface area contributed by atoms with Crippen molar-refractivity contribution < 1.29 is 49.5 Å². The molecule has 2 aliphatic carbocycles. The van der Waals surface area contributed by atoms with Crippen molar-refractivity contribution in [1.29, 1.82) is 0 Å². The molecular weight excluding hydrogens is 619 g/mol. The van der Waals surface area contributed by atoms with E-state index in [2.05, 4.69) is 95.4 Å². The molecule has 0 fully saturated rings. The Morgan fingerprint density at radius 3 is 2.24 bits per heavy atom. The van der Waals surface area contributed by atoms with E-state index in [0.29, 0.717) is 3.63 Å². The standard InChI is InChI=1S/C22H25.C11H14SSi.2ClH.Zr/c1-3-4-5-6-8-18-11-13-19(14-12-18)21-10-7-9-20-15-17(2)16-22(20)21;1-6-5-8-9(12-6)11-7(2)10(8)13(11,3)4;;;/h7,9-16H,3-6,8H2,1-2H3;5,10H,1-4H3;2*1H;/q;;;;+2/p-2. The topological polar surface area (TPSA) is 0 Å². The van der Waals surface area contributed by atoms with Crippen LogP contribution in [0.15, 0.2) is 59.7 Å². The van der Waals surface area contributed by atoms with Crippen molar-refractivity contribution in [3.8, 4) is 11.1 Å². The molecule has 0 nitrogen and oxygen atoms in total. The van der Waals surface area contributed by atoms with E-state index in [1.807, 2.05) is 11.3 Å². The van der Waals surface area contributed by atoms with Gasteiger partial charge in [-0.25, -0.2) is 0 Å². The Balaban J connectivity index is 0.000000227. The Hall–Kier alpha value is -0.700. The van der Waals surface area contributed by atoms with Gasteiger partial charge in [-0.05, 0) is 30.7 Å². The number of unbranched alkanes of at least 4 members (excludes halogenated alkanes) is 3. The van der Waals surface area contributed by atoms with Crippen molar-refractivity contribution in [2.24, 2.45) is 0 Å². The van der Waals surface area contributed by atoms with Gasteiger partial charge in [0.2, 0.25) is 0 Å². The summed E-state index contributed by atoms with van der Waals surface area (Å²) in [5.41, 5.74) is 12.9. The van der Waals surface area contributed by atoms with E-state index >= 15 is 0 Å². The first-order chi connectivity index (χ1) is 17.2. The van der Waals surface area contributed by atoms with Crippen molar-refractivity contribution in [1.82, 2.24) is 0 Å². The minimum Gasteiger partial charge on any atom is -1.00 e. The van der Waals surface area contributed by atoms with E-state index < -0.39 is 8.07 Å². The summed E-state index contributed by atoms with van der Waals surface area (Å²) in [5, 5.41) is 1.78. The molecule has 7 rings (SSSR count). The Labute approximate surface area is 263 Å². The molecule has 0 N–H and O–H groups in total. The van der Waals surface area contributed by atoms with E-state index in [0.717, 1.165) is 5.54 Å². The molecule has 2 bridgehead atoms. The van der Waals surface area contributed by atoms with E-state index in [9.17, 15) is 0 Å².